The summed E-state index contributed by atoms with van der Waals surface area (Å²) in [7, 11) is 0. The quantitative estimate of drug-likeness (QED) is 0.115. The SMILES string of the molecule is O=C=Nc1cc2c(cc1C=O)CCN(CCc1ccc(NC(=O)c3cccc4c(=O)c5cccc(C=O)c5[nH]c34)cc1)C2. The zero-order valence-electron chi connectivity index (χ0n) is 23.1. The van der Waals surface area contributed by atoms with Crippen LogP contribution in [0.5, 0.6) is 0 Å². The van der Waals surface area contributed by atoms with E-state index >= 15 is 0 Å². The van der Waals surface area contributed by atoms with Gasteiger partial charge in [-0.25, -0.2) is 4.79 Å². The number of aldehydes is 2. The van der Waals surface area contributed by atoms with Crippen molar-refractivity contribution in [1.82, 2.24) is 9.88 Å². The lowest BCUT2D eigenvalue weighted by molar-refractivity contribution is 0.102. The number of aromatic amines is 1. The molecule has 0 aliphatic carbocycles. The maximum absolute atomic E-state index is 13.3. The average molecular weight is 571 g/mol. The Balaban J connectivity index is 1.14. The van der Waals surface area contributed by atoms with E-state index < -0.39 is 0 Å². The molecule has 0 spiro atoms. The van der Waals surface area contributed by atoms with Crippen molar-refractivity contribution in [1.29, 1.82) is 0 Å². The maximum Gasteiger partial charge on any atom is 0.257 e. The van der Waals surface area contributed by atoms with E-state index in [1.807, 2.05) is 30.3 Å². The number of carbonyl (C=O) groups excluding carboxylic acids is 4. The first kappa shape index (κ1) is 27.7. The van der Waals surface area contributed by atoms with Crippen molar-refractivity contribution in [3.05, 3.63) is 116 Å². The summed E-state index contributed by atoms with van der Waals surface area (Å²) in [5.41, 5.74) is 5.78. The average Bonchev–Trinajstić information content (AvgIpc) is 3.03. The molecule has 4 aromatic carbocycles. The third-order valence-electron chi connectivity index (χ3n) is 7.93. The molecule has 0 atom stereocenters. The lowest BCUT2D eigenvalue weighted by Crippen LogP contribution is -2.32. The number of nitrogens with one attached hydrogen (secondary N) is 2. The van der Waals surface area contributed by atoms with E-state index in [-0.39, 0.29) is 11.3 Å². The first-order chi connectivity index (χ1) is 21.0. The normalized spacial score (nSPS) is 12.8. The number of fused-ring (bicyclic) bond motifs is 3. The Morgan fingerprint density at radius 2 is 1.67 bits per heavy atom. The molecule has 1 aliphatic rings. The van der Waals surface area contributed by atoms with Gasteiger partial charge in [-0.05, 0) is 78.1 Å². The molecule has 43 heavy (non-hydrogen) atoms. The summed E-state index contributed by atoms with van der Waals surface area (Å²) >= 11 is 0. The lowest BCUT2D eigenvalue weighted by atomic mass is 9.96. The number of hydrogen-bond acceptors (Lipinski definition) is 7. The van der Waals surface area contributed by atoms with Crippen LogP contribution in [0, 0.1) is 0 Å². The number of hydrogen-bond donors (Lipinski definition) is 2. The highest BCUT2D eigenvalue weighted by Gasteiger charge is 2.19. The predicted octanol–water partition coefficient (Wildman–Crippen LogP) is 5.13. The summed E-state index contributed by atoms with van der Waals surface area (Å²) < 4.78 is 0. The number of benzene rings is 4. The predicted molar refractivity (Wildman–Crippen MR) is 164 cm³/mol. The Morgan fingerprint density at radius 3 is 2.42 bits per heavy atom. The number of pyridine rings is 1. The molecule has 5 aromatic rings. The summed E-state index contributed by atoms with van der Waals surface area (Å²) in [5.74, 6) is -0.375. The number of isocyanates is 1. The van der Waals surface area contributed by atoms with Gasteiger partial charge in [0.1, 0.15) is 0 Å². The van der Waals surface area contributed by atoms with Gasteiger partial charge in [-0.3, -0.25) is 24.1 Å². The van der Waals surface area contributed by atoms with Crippen molar-refractivity contribution in [3.8, 4) is 0 Å². The van der Waals surface area contributed by atoms with Gasteiger partial charge in [0, 0.05) is 47.2 Å². The third-order valence-corrected chi connectivity index (χ3v) is 7.93. The number of rotatable bonds is 8. The Morgan fingerprint density at radius 1 is 0.930 bits per heavy atom. The third kappa shape index (κ3) is 5.42. The van der Waals surface area contributed by atoms with Gasteiger partial charge in [-0.15, -0.1) is 0 Å². The molecule has 212 valence electrons. The van der Waals surface area contributed by atoms with Crippen LogP contribution in [0.25, 0.3) is 21.8 Å². The summed E-state index contributed by atoms with van der Waals surface area (Å²) in [5, 5.41) is 3.68. The number of amides is 1. The zero-order chi connectivity index (χ0) is 29.9. The van der Waals surface area contributed by atoms with Crippen molar-refractivity contribution in [3.63, 3.8) is 0 Å². The molecule has 1 amide bonds. The molecule has 2 heterocycles. The Bertz CT molecular complexity index is 2020. The second-order valence-corrected chi connectivity index (χ2v) is 10.5. The van der Waals surface area contributed by atoms with Crippen molar-refractivity contribution in [2.75, 3.05) is 18.4 Å². The molecule has 0 unspecified atom stereocenters. The highest BCUT2D eigenvalue weighted by atomic mass is 16.2. The van der Waals surface area contributed by atoms with E-state index in [9.17, 15) is 24.0 Å². The van der Waals surface area contributed by atoms with Crippen LogP contribution in [0.3, 0.4) is 0 Å². The molecule has 1 aromatic heterocycles. The van der Waals surface area contributed by atoms with Crippen LogP contribution >= 0.6 is 0 Å². The van der Waals surface area contributed by atoms with Gasteiger partial charge < -0.3 is 10.3 Å². The molecule has 0 bridgehead atoms. The summed E-state index contributed by atoms with van der Waals surface area (Å²) in [6.45, 7) is 2.36. The largest absolute Gasteiger partial charge is 0.353 e. The fourth-order valence-electron chi connectivity index (χ4n) is 5.68. The minimum atomic E-state index is -0.375. The molecule has 0 fully saturated rings. The second-order valence-electron chi connectivity index (χ2n) is 10.5. The van der Waals surface area contributed by atoms with E-state index in [4.69, 9.17) is 0 Å². The highest BCUT2D eigenvalue weighted by Crippen LogP contribution is 2.28. The lowest BCUT2D eigenvalue weighted by Gasteiger charge is -2.29. The standard InChI is InChI=1S/C34H26N4O5/c39-18-23-3-1-4-27-31(23)37-32-28(33(27)42)5-2-6-29(32)34(43)36-26-9-7-21(8-10-26)11-13-38-14-12-22-15-25(19-40)30(35-20-41)16-24(22)17-38/h1-10,15-16,18-19H,11-14,17H2,(H,36,43)(H,37,42). The minimum absolute atomic E-state index is 0.246. The molecule has 6 rings (SSSR count). The Labute approximate surface area is 245 Å². The Kier molecular flexibility index (Phi) is 7.57. The smallest absolute Gasteiger partial charge is 0.257 e. The fourth-order valence-corrected chi connectivity index (χ4v) is 5.68. The summed E-state index contributed by atoms with van der Waals surface area (Å²) in [6.07, 6.45) is 4.52. The van der Waals surface area contributed by atoms with E-state index in [0.717, 1.165) is 42.6 Å². The van der Waals surface area contributed by atoms with Gasteiger partial charge in [0.15, 0.2) is 18.0 Å². The van der Waals surface area contributed by atoms with Gasteiger partial charge in [0.2, 0.25) is 6.08 Å². The second kappa shape index (κ2) is 11.8. The molecule has 0 saturated carbocycles. The number of H-pyrrole nitrogens is 1. The highest BCUT2D eigenvalue weighted by molar-refractivity contribution is 6.13. The van der Waals surface area contributed by atoms with Crippen LogP contribution in [0.4, 0.5) is 11.4 Å². The first-order valence-electron chi connectivity index (χ1n) is 13.8. The number of aromatic nitrogens is 1. The van der Waals surface area contributed by atoms with Gasteiger partial charge in [-0.1, -0.05) is 24.3 Å². The Hall–Kier alpha value is -5.50. The zero-order valence-corrected chi connectivity index (χ0v) is 23.1. The molecular weight excluding hydrogens is 544 g/mol. The van der Waals surface area contributed by atoms with Crippen molar-refractivity contribution < 1.29 is 19.2 Å². The minimum Gasteiger partial charge on any atom is -0.353 e. The maximum atomic E-state index is 13.3. The molecule has 2 N–H and O–H groups in total. The van der Waals surface area contributed by atoms with Gasteiger partial charge in [0.25, 0.3) is 5.91 Å². The number of carbonyl (C=O) groups is 3. The monoisotopic (exact) mass is 570 g/mol. The van der Waals surface area contributed by atoms with Crippen molar-refractivity contribution in [2.45, 2.75) is 19.4 Å². The summed E-state index contributed by atoms with van der Waals surface area (Å²) in [4.78, 5) is 69.2. The van der Waals surface area contributed by atoms with Crippen LogP contribution in [0.1, 0.15) is 47.8 Å². The molecule has 1 aliphatic heterocycles. The van der Waals surface area contributed by atoms with Gasteiger partial charge in [0.05, 0.1) is 22.3 Å². The van der Waals surface area contributed by atoms with E-state index in [1.165, 1.54) is 6.08 Å². The molecular formula is C34H26N4O5. The fraction of sp³-hybridized carbons (Fsp3) is 0.147. The number of anilines is 1. The van der Waals surface area contributed by atoms with Crippen LogP contribution in [0.2, 0.25) is 0 Å². The number of nitrogens with zero attached hydrogens (tertiary/aromatic N) is 2. The van der Waals surface area contributed by atoms with Crippen molar-refractivity contribution >= 4 is 57.7 Å². The van der Waals surface area contributed by atoms with Crippen LogP contribution in [-0.4, -0.2) is 47.5 Å². The summed E-state index contributed by atoms with van der Waals surface area (Å²) in [6, 6.07) is 21.1. The van der Waals surface area contributed by atoms with Crippen LogP contribution < -0.4 is 10.7 Å². The number of aliphatic imine (C=N–C) groups is 1. The van der Waals surface area contributed by atoms with Crippen LogP contribution in [-0.2, 0) is 24.2 Å². The van der Waals surface area contributed by atoms with E-state index in [1.54, 1.807) is 42.5 Å². The molecule has 9 heteroatoms. The van der Waals surface area contributed by atoms with E-state index in [0.29, 0.717) is 69.0 Å². The van der Waals surface area contributed by atoms with Crippen LogP contribution in [0.15, 0.2) is 82.6 Å². The van der Waals surface area contributed by atoms with Crippen molar-refractivity contribution in [2.24, 2.45) is 4.99 Å². The van der Waals surface area contributed by atoms with E-state index in [2.05, 4.69) is 20.2 Å². The number of para-hydroxylation sites is 2. The molecule has 9 nitrogen and oxygen atoms in total. The van der Waals surface area contributed by atoms with Gasteiger partial charge >= 0.3 is 0 Å². The molecule has 0 saturated heterocycles. The van der Waals surface area contributed by atoms with Gasteiger partial charge in [-0.2, -0.15) is 4.99 Å². The topological polar surface area (TPSA) is 129 Å². The molecule has 0 radical (unpaired) electrons. The first-order valence-corrected chi connectivity index (χ1v) is 13.8.